The number of carbonyl (C=O) groups is 1. The lowest BCUT2D eigenvalue weighted by atomic mass is 9.93. The number of ether oxygens (including phenoxy) is 2. The Morgan fingerprint density at radius 1 is 1.04 bits per heavy atom. The van der Waals surface area contributed by atoms with E-state index in [9.17, 15) is 9.90 Å². The van der Waals surface area contributed by atoms with Gasteiger partial charge in [-0.2, -0.15) is 0 Å². The van der Waals surface area contributed by atoms with Crippen LogP contribution in [0.1, 0.15) is 35.4 Å². The molecule has 4 rings (SSSR count). The third-order valence-electron chi connectivity index (χ3n) is 4.69. The molecule has 5 nitrogen and oxygen atoms in total. The highest BCUT2D eigenvalue weighted by atomic mass is 32.1. The number of fused-ring (bicyclic) bond motifs is 1. The summed E-state index contributed by atoms with van der Waals surface area (Å²) in [7, 11) is 0. The predicted molar refractivity (Wildman–Crippen MR) is 96.5 cm³/mol. The van der Waals surface area contributed by atoms with E-state index in [0.717, 1.165) is 47.6 Å². The maximum atomic E-state index is 12.5. The Hall–Kier alpha value is -2.05. The van der Waals surface area contributed by atoms with Crippen molar-refractivity contribution in [3.63, 3.8) is 0 Å². The molecule has 1 aliphatic heterocycles. The molecule has 0 spiro atoms. The lowest BCUT2D eigenvalue weighted by molar-refractivity contribution is 0.0871. The molecule has 25 heavy (non-hydrogen) atoms. The van der Waals surface area contributed by atoms with Crippen molar-refractivity contribution in [3.8, 4) is 21.9 Å². The maximum absolute atomic E-state index is 12.5. The molecule has 2 heterocycles. The summed E-state index contributed by atoms with van der Waals surface area (Å²) in [4.78, 5) is 14.2. The highest BCUT2D eigenvalue weighted by molar-refractivity contribution is 7.17. The summed E-state index contributed by atoms with van der Waals surface area (Å²) >= 11 is 1.48. The average Bonchev–Trinajstić information content (AvgIpc) is 3.13. The number of nitrogens with one attached hydrogen (secondary N) is 1. The Morgan fingerprint density at radius 2 is 1.80 bits per heavy atom. The van der Waals surface area contributed by atoms with Crippen LogP contribution in [0.2, 0.25) is 0 Å². The van der Waals surface area contributed by atoms with Gasteiger partial charge in [-0.15, -0.1) is 11.3 Å². The number of rotatable bonds is 3. The molecule has 6 heteroatoms. The molecule has 0 radical (unpaired) electrons. The van der Waals surface area contributed by atoms with Gasteiger partial charge in [0.25, 0.3) is 5.91 Å². The van der Waals surface area contributed by atoms with Crippen molar-refractivity contribution in [2.24, 2.45) is 0 Å². The SMILES string of the molecule is O=C(NC1CCC(O)CC1)c1ccc(-c2ccc3c(c2)OCCO3)s1. The molecular weight excluding hydrogens is 338 g/mol. The molecule has 2 N–H and O–H groups in total. The Bertz CT molecular complexity index is 765. The van der Waals surface area contributed by atoms with Gasteiger partial charge in [-0.25, -0.2) is 0 Å². The Morgan fingerprint density at radius 3 is 2.60 bits per heavy atom. The molecule has 1 fully saturated rings. The normalized spacial score (nSPS) is 22.4. The highest BCUT2D eigenvalue weighted by Gasteiger charge is 2.22. The number of hydrogen-bond acceptors (Lipinski definition) is 5. The number of aliphatic hydroxyl groups excluding tert-OH is 1. The van der Waals surface area contributed by atoms with Crippen LogP contribution in [0.5, 0.6) is 11.5 Å². The van der Waals surface area contributed by atoms with Crippen molar-refractivity contribution in [1.82, 2.24) is 5.32 Å². The predicted octanol–water partition coefficient (Wildman–Crippen LogP) is 3.22. The minimum atomic E-state index is -0.211. The van der Waals surface area contributed by atoms with Crippen LogP contribution in [0.3, 0.4) is 0 Å². The first-order chi connectivity index (χ1) is 12.2. The van der Waals surface area contributed by atoms with Gasteiger partial charge < -0.3 is 19.9 Å². The number of carbonyl (C=O) groups excluding carboxylic acids is 1. The summed E-state index contributed by atoms with van der Waals surface area (Å²) in [6.45, 7) is 1.14. The summed E-state index contributed by atoms with van der Waals surface area (Å²) in [5, 5.41) is 12.6. The Kier molecular flexibility index (Phi) is 4.63. The fraction of sp³-hybridized carbons (Fsp3) is 0.421. The van der Waals surface area contributed by atoms with Gasteiger partial charge in [0.15, 0.2) is 11.5 Å². The zero-order valence-electron chi connectivity index (χ0n) is 13.9. The number of aliphatic hydroxyl groups is 1. The molecule has 1 aromatic heterocycles. The molecule has 1 aromatic carbocycles. The van der Waals surface area contributed by atoms with E-state index in [4.69, 9.17) is 9.47 Å². The van der Waals surface area contributed by atoms with Gasteiger partial charge in [0.2, 0.25) is 0 Å². The fourth-order valence-electron chi connectivity index (χ4n) is 3.29. The van der Waals surface area contributed by atoms with Crippen LogP contribution in [0, 0.1) is 0 Å². The van der Waals surface area contributed by atoms with E-state index in [1.165, 1.54) is 11.3 Å². The molecule has 1 amide bonds. The van der Waals surface area contributed by atoms with Gasteiger partial charge in [0.05, 0.1) is 11.0 Å². The molecule has 0 unspecified atom stereocenters. The molecular formula is C19H21NO4S. The van der Waals surface area contributed by atoms with Crippen molar-refractivity contribution in [3.05, 3.63) is 35.2 Å². The van der Waals surface area contributed by atoms with E-state index in [-0.39, 0.29) is 18.1 Å². The standard InChI is InChI=1S/C19H21NO4S/c21-14-4-2-13(3-5-14)20-19(22)18-8-7-17(25-18)12-1-6-15-16(11-12)24-10-9-23-15/h1,6-8,11,13-14,21H,2-5,9-10H2,(H,20,22). The zero-order chi connectivity index (χ0) is 17.2. The van der Waals surface area contributed by atoms with Crippen LogP contribution >= 0.6 is 11.3 Å². The first-order valence-electron chi connectivity index (χ1n) is 8.68. The second kappa shape index (κ2) is 7.06. The van der Waals surface area contributed by atoms with E-state index in [1.807, 2.05) is 30.3 Å². The minimum absolute atomic E-state index is 0.0322. The molecule has 0 bridgehead atoms. The summed E-state index contributed by atoms with van der Waals surface area (Å²) < 4.78 is 11.2. The van der Waals surface area contributed by atoms with Gasteiger partial charge in [0, 0.05) is 10.9 Å². The van der Waals surface area contributed by atoms with E-state index in [1.54, 1.807) is 0 Å². The molecule has 2 aliphatic rings. The van der Waals surface area contributed by atoms with Crippen molar-refractivity contribution < 1.29 is 19.4 Å². The summed E-state index contributed by atoms with van der Waals surface area (Å²) in [5.41, 5.74) is 1.02. The van der Waals surface area contributed by atoms with Gasteiger partial charge in [-0.1, -0.05) is 0 Å². The molecule has 1 aliphatic carbocycles. The average molecular weight is 359 g/mol. The molecule has 0 saturated heterocycles. The van der Waals surface area contributed by atoms with Crippen LogP contribution in [0.15, 0.2) is 30.3 Å². The van der Waals surface area contributed by atoms with Crippen LogP contribution in [-0.4, -0.2) is 36.4 Å². The smallest absolute Gasteiger partial charge is 0.261 e. The summed E-state index contributed by atoms with van der Waals surface area (Å²) in [5.74, 6) is 1.49. The number of hydrogen-bond donors (Lipinski definition) is 2. The summed E-state index contributed by atoms with van der Waals surface area (Å²) in [6, 6.07) is 9.86. The maximum Gasteiger partial charge on any atom is 0.261 e. The van der Waals surface area contributed by atoms with Crippen molar-refractivity contribution in [2.45, 2.75) is 37.8 Å². The van der Waals surface area contributed by atoms with Gasteiger partial charge in [-0.3, -0.25) is 4.79 Å². The van der Waals surface area contributed by atoms with Crippen molar-refractivity contribution in [1.29, 1.82) is 0 Å². The zero-order valence-corrected chi connectivity index (χ0v) is 14.7. The Labute approximate surface area is 150 Å². The van der Waals surface area contributed by atoms with Crippen LogP contribution in [0.25, 0.3) is 10.4 Å². The largest absolute Gasteiger partial charge is 0.486 e. The summed E-state index contributed by atoms with van der Waals surface area (Å²) in [6.07, 6.45) is 2.99. The number of thiophene rings is 1. The van der Waals surface area contributed by atoms with Gasteiger partial charge >= 0.3 is 0 Å². The second-order valence-electron chi connectivity index (χ2n) is 6.50. The molecule has 1 saturated carbocycles. The lowest BCUT2D eigenvalue weighted by Gasteiger charge is -2.25. The minimum Gasteiger partial charge on any atom is -0.486 e. The fourth-order valence-corrected chi connectivity index (χ4v) is 4.19. The van der Waals surface area contributed by atoms with E-state index < -0.39 is 0 Å². The Balaban J connectivity index is 1.45. The number of amides is 1. The first-order valence-corrected chi connectivity index (χ1v) is 9.49. The van der Waals surface area contributed by atoms with Crippen LogP contribution in [0.4, 0.5) is 0 Å². The van der Waals surface area contributed by atoms with Gasteiger partial charge in [-0.05, 0) is 61.6 Å². The third kappa shape index (κ3) is 3.65. The quantitative estimate of drug-likeness (QED) is 0.883. The first kappa shape index (κ1) is 16.4. The van der Waals surface area contributed by atoms with E-state index >= 15 is 0 Å². The van der Waals surface area contributed by atoms with Crippen molar-refractivity contribution in [2.75, 3.05) is 13.2 Å². The van der Waals surface area contributed by atoms with E-state index in [2.05, 4.69) is 5.32 Å². The monoisotopic (exact) mass is 359 g/mol. The molecule has 132 valence electrons. The topological polar surface area (TPSA) is 67.8 Å². The third-order valence-corrected chi connectivity index (χ3v) is 5.82. The molecule has 0 atom stereocenters. The number of benzene rings is 1. The van der Waals surface area contributed by atoms with Gasteiger partial charge in [0.1, 0.15) is 13.2 Å². The second-order valence-corrected chi connectivity index (χ2v) is 7.59. The van der Waals surface area contributed by atoms with Crippen LogP contribution in [-0.2, 0) is 0 Å². The lowest BCUT2D eigenvalue weighted by Crippen LogP contribution is -2.38. The van der Waals surface area contributed by atoms with Crippen LogP contribution < -0.4 is 14.8 Å². The van der Waals surface area contributed by atoms with E-state index in [0.29, 0.717) is 18.1 Å². The van der Waals surface area contributed by atoms with Crippen molar-refractivity contribution >= 4 is 17.2 Å². The highest BCUT2D eigenvalue weighted by Crippen LogP contribution is 2.37. The molecule has 2 aromatic rings.